The van der Waals surface area contributed by atoms with Crippen LogP contribution in [0.2, 0.25) is 0 Å². The lowest BCUT2D eigenvalue weighted by atomic mass is 9.85. The smallest absolute Gasteiger partial charge is 0.0462 e. The summed E-state index contributed by atoms with van der Waals surface area (Å²) in [5.74, 6) is 0. The molecule has 0 radical (unpaired) electrons. The Morgan fingerprint density at radius 2 is 0.329 bits per heavy atom. The van der Waals surface area contributed by atoms with Crippen molar-refractivity contribution in [3.63, 3.8) is 0 Å². The molecule has 0 unspecified atom stereocenters. The van der Waals surface area contributed by atoms with Gasteiger partial charge in [-0.25, -0.2) is 0 Å². The van der Waals surface area contributed by atoms with Crippen LogP contribution in [0.3, 0.4) is 0 Å². The predicted molar refractivity (Wildman–Crippen MR) is 298 cm³/mol. The Bertz CT molecular complexity index is 3590. The Hall–Kier alpha value is -9.24. The van der Waals surface area contributed by atoms with E-state index >= 15 is 0 Å². The minimum Gasteiger partial charge on any atom is -0.311 e. The van der Waals surface area contributed by atoms with Gasteiger partial charge in [-0.15, -0.1) is 0 Å². The van der Waals surface area contributed by atoms with E-state index in [0.717, 1.165) is 39.7 Å². The van der Waals surface area contributed by atoms with Gasteiger partial charge in [0.1, 0.15) is 0 Å². The Morgan fingerprint density at radius 1 is 0.143 bits per heavy atom. The molecule has 0 aliphatic heterocycles. The lowest BCUT2D eigenvalue weighted by Crippen LogP contribution is -2.09. The molecule has 0 aliphatic carbocycles. The second-order valence-electron chi connectivity index (χ2n) is 17.7. The summed E-state index contributed by atoms with van der Waals surface area (Å²) in [7, 11) is 0. The first-order valence-electron chi connectivity index (χ1n) is 24.0. The summed E-state index contributed by atoms with van der Waals surface area (Å²) >= 11 is 0. The quantitative estimate of drug-likeness (QED) is 0.119. The number of para-hydroxylation sites is 3. The van der Waals surface area contributed by atoms with Gasteiger partial charge in [-0.05, 0) is 150 Å². The molecule has 2 nitrogen and oxygen atoms in total. The van der Waals surface area contributed by atoms with Crippen molar-refractivity contribution in [2.24, 2.45) is 0 Å². The zero-order valence-electron chi connectivity index (χ0n) is 38.6. The molecule has 0 atom stereocenters. The van der Waals surface area contributed by atoms with Gasteiger partial charge in [-0.1, -0.05) is 218 Å². The molecule has 0 aliphatic rings. The molecule has 0 saturated carbocycles. The lowest BCUT2D eigenvalue weighted by Gasteiger charge is -2.26. The van der Waals surface area contributed by atoms with E-state index in [4.69, 9.17) is 0 Å². The highest BCUT2D eigenvalue weighted by molar-refractivity contribution is 6.21. The fraction of sp³-hybridized carbons (Fsp3) is 0. The average Bonchev–Trinajstić information content (AvgIpc) is 3.44. The maximum Gasteiger partial charge on any atom is 0.0462 e. The number of hydrogen-bond donors (Lipinski definition) is 0. The molecule has 12 aromatic rings. The van der Waals surface area contributed by atoms with Crippen molar-refractivity contribution < 1.29 is 0 Å². The van der Waals surface area contributed by atoms with Gasteiger partial charge in [0, 0.05) is 34.1 Å². The Morgan fingerprint density at radius 3 is 0.614 bits per heavy atom. The van der Waals surface area contributed by atoms with E-state index in [-0.39, 0.29) is 0 Å². The summed E-state index contributed by atoms with van der Waals surface area (Å²) in [6, 6.07) is 105. The minimum absolute atomic E-state index is 1.09. The summed E-state index contributed by atoms with van der Waals surface area (Å²) < 4.78 is 0. The molecule has 0 amide bonds. The van der Waals surface area contributed by atoms with E-state index in [1.165, 1.54) is 71.6 Å². The van der Waals surface area contributed by atoms with Gasteiger partial charge >= 0.3 is 0 Å². The molecule has 12 rings (SSSR count). The van der Waals surface area contributed by atoms with Crippen molar-refractivity contribution in [1.29, 1.82) is 0 Å². The van der Waals surface area contributed by atoms with Crippen molar-refractivity contribution >= 4 is 55.7 Å². The van der Waals surface area contributed by atoms with Gasteiger partial charge in [0.25, 0.3) is 0 Å². The molecular weight excluding hydrogens is 845 g/mol. The number of nitrogens with zero attached hydrogens (tertiary/aromatic N) is 2. The largest absolute Gasteiger partial charge is 0.311 e. The van der Waals surface area contributed by atoms with Crippen molar-refractivity contribution in [2.75, 3.05) is 9.80 Å². The Labute approximate surface area is 410 Å². The molecular formula is C68H48N2. The third-order valence-corrected chi connectivity index (χ3v) is 13.5. The fourth-order valence-electron chi connectivity index (χ4n) is 10.1. The molecule has 0 fully saturated rings. The first-order chi connectivity index (χ1) is 34.7. The van der Waals surface area contributed by atoms with E-state index in [9.17, 15) is 0 Å². The van der Waals surface area contributed by atoms with Gasteiger partial charge in [-0.2, -0.15) is 0 Å². The predicted octanol–water partition coefficient (Wildman–Crippen LogP) is 19.3. The summed E-state index contributed by atoms with van der Waals surface area (Å²) in [4.78, 5) is 4.64. The SMILES string of the molecule is c1ccc(-c2ccc(-c3ccc(-c4c5ccccc5c(-c5ccc(N(c6ccccc6)c6ccc(-c7ccc(N(c8ccccc8)c8ccccc8)cc7)cc6)cc5)c5ccccc45)cc3)cc2)cc1. The number of fused-ring (bicyclic) bond motifs is 2. The zero-order chi connectivity index (χ0) is 46.6. The maximum absolute atomic E-state index is 2.34. The van der Waals surface area contributed by atoms with Crippen LogP contribution in [0.1, 0.15) is 0 Å². The van der Waals surface area contributed by atoms with E-state index in [1.54, 1.807) is 0 Å². The van der Waals surface area contributed by atoms with Crippen molar-refractivity contribution in [2.45, 2.75) is 0 Å². The number of anilines is 6. The van der Waals surface area contributed by atoms with Crippen molar-refractivity contribution in [1.82, 2.24) is 0 Å². The Kier molecular flexibility index (Phi) is 11.3. The second kappa shape index (κ2) is 18.8. The number of rotatable bonds is 11. The summed E-state index contributed by atoms with van der Waals surface area (Å²) in [5.41, 5.74) is 18.7. The van der Waals surface area contributed by atoms with Crippen LogP contribution in [0.15, 0.2) is 291 Å². The van der Waals surface area contributed by atoms with Crippen LogP contribution in [0.5, 0.6) is 0 Å². The molecule has 0 N–H and O–H groups in total. The van der Waals surface area contributed by atoms with Crippen LogP contribution in [0, 0.1) is 0 Å². The van der Waals surface area contributed by atoms with E-state index in [1.807, 2.05) is 0 Å². The third-order valence-electron chi connectivity index (χ3n) is 13.5. The highest BCUT2D eigenvalue weighted by Gasteiger charge is 2.19. The molecule has 0 aromatic heterocycles. The average molecular weight is 893 g/mol. The van der Waals surface area contributed by atoms with Crippen LogP contribution in [0.25, 0.3) is 77.2 Å². The summed E-state index contributed by atoms with van der Waals surface area (Å²) in [6.07, 6.45) is 0. The zero-order valence-corrected chi connectivity index (χ0v) is 38.6. The molecule has 0 spiro atoms. The van der Waals surface area contributed by atoms with Crippen LogP contribution in [-0.4, -0.2) is 0 Å². The highest BCUT2D eigenvalue weighted by Crippen LogP contribution is 2.45. The van der Waals surface area contributed by atoms with E-state index in [0.29, 0.717) is 0 Å². The van der Waals surface area contributed by atoms with Crippen LogP contribution in [-0.2, 0) is 0 Å². The molecule has 12 aromatic carbocycles. The first-order valence-corrected chi connectivity index (χ1v) is 24.0. The van der Waals surface area contributed by atoms with Gasteiger partial charge in [-0.3, -0.25) is 0 Å². The van der Waals surface area contributed by atoms with Gasteiger partial charge in [0.05, 0.1) is 0 Å². The van der Waals surface area contributed by atoms with Crippen molar-refractivity contribution in [3.8, 4) is 55.6 Å². The maximum atomic E-state index is 2.34. The minimum atomic E-state index is 1.09. The monoisotopic (exact) mass is 892 g/mol. The van der Waals surface area contributed by atoms with Crippen molar-refractivity contribution in [3.05, 3.63) is 291 Å². The Balaban J connectivity index is 0.858. The molecule has 330 valence electrons. The molecule has 2 heteroatoms. The number of benzene rings is 12. The van der Waals surface area contributed by atoms with Gasteiger partial charge < -0.3 is 9.80 Å². The summed E-state index contributed by atoms with van der Waals surface area (Å²) in [5, 5.41) is 4.96. The van der Waals surface area contributed by atoms with Crippen LogP contribution < -0.4 is 9.80 Å². The standard InChI is InChI=1S/C68H48N2/c1-5-17-49(18-6-1)50-29-31-51(32-30-50)52-33-35-55(36-34-52)67-63-25-13-15-27-65(63)68(66-28-16-14-26-64(66)67)56-41-47-62(48-42-56)70(59-23-11-4-12-24-59)61-45-39-54(40-46-61)53-37-43-60(44-38-53)69(57-19-7-2-8-20-57)58-21-9-3-10-22-58/h1-48H. The topological polar surface area (TPSA) is 6.48 Å². The second-order valence-corrected chi connectivity index (χ2v) is 17.7. The summed E-state index contributed by atoms with van der Waals surface area (Å²) in [6.45, 7) is 0. The third kappa shape index (κ3) is 8.19. The fourth-order valence-corrected chi connectivity index (χ4v) is 10.1. The first kappa shape index (κ1) is 42.1. The normalized spacial score (nSPS) is 11.1. The lowest BCUT2D eigenvalue weighted by molar-refractivity contribution is 1.28. The molecule has 0 bridgehead atoms. The van der Waals surface area contributed by atoms with Crippen LogP contribution in [0.4, 0.5) is 34.1 Å². The number of hydrogen-bond acceptors (Lipinski definition) is 2. The molecule has 0 saturated heterocycles. The van der Waals surface area contributed by atoms with E-state index < -0.39 is 0 Å². The van der Waals surface area contributed by atoms with Gasteiger partial charge in [0.15, 0.2) is 0 Å². The molecule has 70 heavy (non-hydrogen) atoms. The van der Waals surface area contributed by atoms with Crippen LogP contribution >= 0.6 is 0 Å². The highest BCUT2D eigenvalue weighted by atomic mass is 15.1. The van der Waals surface area contributed by atoms with Gasteiger partial charge in [0.2, 0.25) is 0 Å². The van der Waals surface area contributed by atoms with E-state index in [2.05, 4.69) is 301 Å². The molecule has 0 heterocycles.